The predicted octanol–water partition coefficient (Wildman–Crippen LogP) is -3.82. The maximum atomic E-state index is 12.5. The minimum atomic E-state index is -1.31. The maximum absolute atomic E-state index is 12.5. The summed E-state index contributed by atoms with van der Waals surface area (Å²) in [5, 5.41) is 58.9. The van der Waals surface area contributed by atoms with Crippen LogP contribution in [0.15, 0.2) is 24.3 Å². The Balaban J connectivity index is 1.84. The first-order valence-electron chi connectivity index (χ1n) is 20.8. The first-order chi connectivity index (χ1) is 30.0. The van der Waals surface area contributed by atoms with E-state index in [0.29, 0.717) is 74.5 Å². The standard InChI is InChI=1S/C40H65N9O11S3/c1-4-46-15-17-47(25-36(54)55)19-20-49(27-38(58)59)31(24-48(18-16-46)26-37(56)57)23-29-5-7-30(8-6-29)44-40(61)43-14-22-63-62-21-13-42-34(51)11-9-32(28(2)50)45-39(60)33(41-3)10-12-35(52)53/h5-8,31-33,41H,4,9-27H2,1-3H3,(H,42,51)(H,45,60)(H,52,53)(H,54,55)(H,56,57)(H,58,59)(H2,43,44,61)/p-3. The highest BCUT2D eigenvalue weighted by Crippen LogP contribution is 2.20. The molecule has 2 amide bonds. The third-order valence-corrected chi connectivity index (χ3v) is 12.8. The summed E-state index contributed by atoms with van der Waals surface area (Å²) in [6.07, 6.45) is 0.363. The lowest BCUT2D eigenvalue weighted by Crippen LogP contribution is -2.55. The predicted molar refractivity (Wildman–Crippen MR) is 239 cm³/mol. The van der Waals surface area contributed by atoms with Gasteiger partial charge in [0.1, 0.15) is 0 Å². The van der Waals surface area contributed by atoms with E-state index in [1.54, 1.807) is 36.3 Å². The quantitative estimate of drug-likeness (QED) is 0.0280. The van der Waals surface area contributed by atoms with Crippen LogP contribution >= 0.6 is 33.8 Å². The van der Waals surface area contributed by atoms with Crippen molar-refractivity contribution >= 4 is 86.1 Å². The number of aliphatic carboxylic acids is 4. The molecule has 3 atom stereocenters. The second kappa shape index (κ2) is 30.9. The molecule has 2 rings (SSSR count). The lowest BCUT2D eigenvalue weighted by atomic mass is 10.0. The number of rotatable bonds is 27. The minimum Gasteiger partial charge on any atom is -0.549 e. The third-order valence-electron chi connectivity index (χ3n) is 10.2. The van der Waals surface area contributed by atoms with Crippen LogP contribution in [0, 0.1) is 0 Å². The molecule has 1 aliphatic heterocycles. The Bertz CT molecular complexity index is 1650. The number of carboxylic acid groups (broad SMARTS) is 4. The number of benzene rings is 1. The molecule has 3 unspecified atom stereocenters. The van der Waals surface area contributed by atoms with Crippen LogP contribution in [0.4, 0.5) is 5.69 Å². The van der Waals surface area contributed by atoms with Gasteiger partial charge in [0, 0.05) is 115 Å². The smallest absolute Gasteiger partial charge is 0.303 e. The molecule has 0 aliphatic carbocycles. The number of likely N-dealkylation sites (N-methyl/N-ethyl adjacent to an activating group) is 2. The number of ketones is 1. The number of hydrogen-bond donors (Lipinski definition) is 6. The highest BCUT2D eigenvalue weighted by molar-refractivity contribution is 8.76. The molecular weight excluding hydrogens is 879 g/mol. The fourth-order valence-electron chi connectivity index (χ4n) is 6.71. The fraction of sp³-hybridized carbons (Fsp3) is 0.650. The van der Waals surface area contributed by atoms with Crippen LogP contribution in [0.5, 0.6) is 0 Å². The molecule has 0 radical (unpaired) electrons. The number of carbonyl (C=O) groups excluding carboxylic acids is 6. The number of amides is 2. The molecule has 0 spiro atoms. The van der Waals surface area contributed by atoms with Crippen LogP contribution in [0.25, 0.3) is 0 Å². The van der Waals surface area contributed by atoms with Gasteiger partial charge in [-0.2, -0.15) is 0 Å². The van der Waals surface area contributed by atoms with E-state index in [1.807, 2.05) is 31.2 Å². The largest absolute Gasteiger partial charge is 0.549 e. The summed E-state index contributed by atoms with van der Waals surface area (Å²) in [7, 11) is 4.68. The molecule has 0 bridgehead atoms. The van der Waals surface area contributed by atoms with Gasteiger partial charge in [-0.25, -0.2) is 0 Å². The maximum Gasteiger partial charge on any atom is 0.303 e. The Morgan fingerprint density at radius 1 is 0.778 bits per heavy atom. The number of carbonyl (C=O) groups is 7. The Kier molecular flexibility index (Phi) is 27.0. The summed E-state index contributed by atoms with van der Waals surface area (Å²) in [5.41, 5.74) is 1.57. The second-order valence-corrected chi connectivity index (χ2v) is 18.1. The van der Waals surface area contributed by atoms with Gasteiger partial charge in [0.2, 0.25) is 11.8 Å². The van der Waals surface area contributed by atoms with Crippen LogP contribution in [0.2, 0.25) is 0 Å². The van der Waals surface area contributed by atoms with Crippen LogP contribution in [-0.2, 0) is 40.0 Å². The highest BCUT2D eigenvalue weighted by atomic mass is 33.1. The van der Waals surface area contributed by atoms with E-state index in [9.17, 15) is 48.9 Å². The summed E-state index contributed by atoms with van der Waals surface area (Å²) in [6, 6.07) is 5.32. The van der Waals surface area contributed by atoms with Crippen molar-refractivity contribution in [1.29, 1.82) is 0 Å². The number of hydrogen-bond acceptors (Lipinski definition) is 18. The summed E-state index contributed by atoms with van der Waals surface area (Å²) < 4.78 is 0. The summed E-state index contributed by atoms with van der Waals surface area (Å²) in [5.74, 6) is -4.54. The van der Waals surface area contributed by atoms with Crippen molar-refractivity contribution in [2.45, 2.75) is 64.1 Å². The third kappa shape index (κ3) is 24.5. The van der Waals surface area contributed by atoms with Crippen molar-refractivity contribution in [3.05, 3.63) is 29.8 Å². The van der Waals surface area contributed by atoms with Crippen LogP contribution in [0.1, 0.15) is 45.1 Å². The van der Waals surface area contributed by atoms with E-state index in [2.05, 4.69) is 31.5 Å². The molecule has 63 heavy (non-hydrogen) atoms. The molecule has 23 heteroatoms. The van der Waals surface area contributed by atoms with Crippen molar-refractivity contribution in [2.75, 3.05) is 109 Å². The van der Waals surface area contributed by atoms with Crippen molar-refractivity contribution in [3.63, 3.8) is 0 Å². The normalized spacial score (nSPS) is 17.0. The highest BCUT2D eigenvalue weighted by Gasteiger charge is 2.26. The zero-order valence-corrected chi connectivity index (χ0v) is 38.7. The van der Waals surface area contributed by atoms with E-state index in [1.165, 1.54) is 14.0 Å². The summed E-state index contributed by atoms with van der Waals surface area (Å²) >= 11 is 5.47. The summed E-state index contributed by atoms with van der Waals surface area (Å²) in [6.45, 7) is 6.44. The number of nitrogens with zero attached hydrogens (tertiary/aromatic N) is 4. The SMILES string of the molecule is CCN1CCN(CC(=O)[O-])CCN(CC(=O)[O-])C(Cc2ccc(NC(=S)NCCSSCCNC(=O)CCC(NC(=O)C(CCC(=O)O)NC)C(C)=O)cc2)CN(CC(=O)[O-])CC1. The van der Waals surface area contributed by atoms with Gasteiger partial charge >= 0.3 is 5.97 Å². The van der Waals surface area contributed by atoms with E-state index in [4.69, 9.17) is 17.3 Å². The Hall–Kier alpha value is -4.10. The second-order valence-electron chi connectivity index (χ2n) is 14.9. The van der Waals surface area contributed by atoms with E-state index >= 15 is 0 Å². The molecule has 1 saturated heterocycles. The van der Waals surface area contributed by atoms with Gasteiger partial charge in [-0.15, -0.1) is 0 Å². The van der Waals surface area contributed by atoms with E-state index in [-0.39, 0.29) is 70.1 Å². The average molecular weight is 941 g/mol. The van der Waals surface area contributed by atoms with Gasteiger partial charge in [-0.1, -0.05) is 40.6 Å². The molecule has 1 aromatic carbocycles. The fourth-order valence-corrected chi connectivity index (χ4v) is 8.75. The molecule has 354 valence electrons. The zero-order chi connectivity index (χ0) is 46.7. The molecule has 0 saturated carbocycles. The average Bonchev–Trinajstić information content (AvgIpc) is 3.21. The first-order valence-corrected chi connectivity index (χ1v) is 23.7. The summed E-state index contributed by atoms with van der Waals surface area (Å²) in [4.78, 5) is 90.3. The van der Waals surface area contributed by atoms with Crippen LogP contribution in [0.3, 0.4) is 0 Å². The number of Topliss-reactive ketones (excluding diaryl/α,β-unsaturated/α-hetero) is 1. The Morgan fingerprint density at radius 2 is 1.33 bits per heavy atom. The molecular formula is C40H62N9O11S3-3. The Labute approximate surface area is 382 Å². The molecule has 6 N–H and O–H groups in total. The molecule has 1 aliphatic rings. The van der Waals surface area contributed by atoms with Crippen molar-refractivity contribution in [2.24, 2.45) is 0 Å². The van der Waals surface area contributed by atoms with Crippen LogP contribution < -0.4 is 41.9 Å². The minimum absolute atomic E-state index is 0.0290. The molecule has 20 nitrogen and oxygen atoms in total. The lowest BCUT2D eigenvalue weighted by Gasteiger charge is -2.39. The lowest BCUT2D eigenvalue weighted by molar-refractivity contribution is -0.309. The van der Waals surface area contributed by atoms with Gasteiger partial charge in [-0.05, 0) is 69.7 Å². The van der Waals surface area contributed by atoms with Crippen molar-refractivity contribution < 1.29 is 54.0 Å². The topological polar surface area (TPSA) is 282 Å². The number of thiocarbonyl (C=S) groups is 1. The molecule has 1 aromatic rings. The van der Waals surface area contributed by atoms with E-state index < -0.39 is 54.5 Å². The Morgan fingerprint density at radius 3 is 1.90 bits per heavy atom. The van der Waals surface area contributed by atoms with Crippen molar-refractivity contribution in [3.8, 4) is 0 Å². The van der Waals surface area contributed by atoms with Gasteiger partial charge < -0.3 is 66.3 Å². The van der Waals surface area contributed by atoms with Gasteiger partial charge in [0.15, 0.2) is 10.9 Å². The van der Waals surface area contributed by atoms with E-state index in [0.717, 1.165) is 5.56 Å². The number of nitrogens with one attached hydrogen (secondary N) is 5. The van der Waals surface area contributed by atoms with Crippen molar-refractivity contribution in [1.82, 2.24) is 40.9 Å². The van der Waals surface area contributed by atoms with Crippen LogP contribution in [-0.4, -0.2) is 193 Å². The van der Waals surface area contributed by atoms with Gasteiger partial charge in [-0.3, -0.25) is 33.9 Å². The monoisotopic (exact) mass is 940 g/mol. The molecule has 1 heterocycles. The zero-order valence-electron chi connectivity index (χ0n) is 36.2. The molecule has 1 fully saturated rings. The first kappa shape index (κ1) is 55.0. The number of carboxylic acids is 4. The number of anilines is 1. The van der Waals surface area contributed by atoms with Gasteiger partial charge in [0.25, 0.3) is 0 Å². The molecule has 0 aromatic heterocycles. The van der Waals surface area contributed by atoms with Gasteiger partial charge in [0.05, 0.1) is 30.0 Å².